The molecular weight excluding hydrogens is 418 g/mol. The summed E-state index contributed by atoms with van der Waals surface area (Å²) >= 11 is 0. The first-order chi connectivity index (χ1) is 14.7. The maximum atomic E-state index is 12.5. The molecule has 1 aliphatic rings. The first-order valence-corrected chi connectivity index (χ1v) is 11.2. The molecule has 1 aliphatic heterocycles. The van der Waals surface area contributed by atoms with E-state index >= 15 is 0 Å². The van der Waals surface area contributed by atoms with Gasteiger partial charge in [-0.25, -0.2) is 13.1 Å². The fourth-order valence-electron chi connectivity index (χ4n) is 3.23. The van der Waals surface area contributed by atoms with Crippen molar-refractivity contribution in [2.24, 2.45) is 10.8 Å². The molecule has 31 heavy (non-hydrogen) atoms. The average Bonchev–Trinajstić information content (AvgIpc) is 3.19. The molecule has 4 N–H and O–H groups in total. The van der Waals surface area contributed by atoms with Gasteiger partial charge < -0.3 is 11.1 Å². The summed E-state index contributed by atoms with van der Waals surface area (Å²) in [7, 11) is -3.70. The number of amides is 2. The van der Waals surface area contributed by atoms with E-state index in [0.717, 1.165) is 5.56 Å². The van der Waals surface area contributed by atoms with E-state index in [9.17, 15) is 18.0 Å². The van der Waals surface area contributed by atoms with Crippen molar-refractivity contribution in [3.63, 3.8) is 0 Å². The van der Waals surface area contributed by atoms with Gasteiger partial charge >= 0.3 is 0 Å². The van der Waals surface area contributed by atoms with Crippen LogP contribution in [0.5, 0.6) is 0 Å². The summed E-state index contributed by atoms with van der Waals surface area (Å²) in [5, 5.41) is 8.32. The van der Waals surface area contributed by atoms with Crippen LogP contribution in [-0.4, -0.2) is 45.1 Å². The number of carbonyl (C=O) groups excluding carboxylic acids is 2. The minimum atomic E-state index is -3.70. The number of benzene rings is 2. The number of aryl methyl sites for hydroxylation is 2. The Kier molecular flexibility index (Phi) is 6.71. The third-order valence-corrected chi connectivity index (χ3v) is 6.46. The SMILES string of the molecule is Cc1ccc(C)c(S(=O)(=O)NCCNC(=O)C2=NN(c3ccccc3)C(C(N)=O)C2)c1. The van der Waals surface area contributed by atoms with Crippen LogP contribution in [0.1, 0.15) is 17.5 Å². The van der Waals surface area contributed by atoms with E-state index in [0.29, 0.717) is 11.3 Å². The van der Waals surface area contributed by atoms with Crippen LogP contribution in [0.3, 0.4) is 0 Å². The van der Waals surface area contributed by atoms with Crippen molar-refractivity contribution in [3.05, 3.63) is 59.7 Å². The third-order valence-electron chi connectivity index (χ3n) is 4.86. The summed E-state index contributed by atoms with van der Waals surface area (Å²) in [5.74, 6) is -1.06. The Labute approximate surface area is 181 Å². The number of hydrogen-bond donors (Lipinski definition) is 3. The average molecular weight is 444 g/mol. The molecule has 2 amide bonds. The van der Waals surface area contributed by atoms with Gasteiger partial charge in [-0.1, -0.05) is 30.3 Å². The maximum absolute atomic E-state index is 12.5. The van der Waals surface area contributed by atoms with E-state index in [4.69, 9.17) is 5.73 Å². The highest BCUT2D eigenvalue weighted by Gasteiger charge is 2.34. The van der Waals surface area contributed by atoms with Gasteiger partial charge in [-0.2, -0.15) is 5.10 Å². The number of hydrogen-bond acceptors (Lipinski definition) is 6. The van der Waals surface area contributed by atoms with Crippen molar-refractivity contribution in [3.8, 4) is 0 Å². The Morgan fingerprint density at radius 2 is 1.84 bits per heavy atom. The van der Waals surface area contributed by atoms with E-state index in [1.165, 1.54) is 5.01 Å². The van der Waals surface area contributed by atoms with Crippen molar-refractivity contribution in [1.82, 2.24) is 10.0 Å². The lowest BCUT2D eigenvalue weighted by molar-refractivity contribution is -0.119. The van der Waals surface area contributed by atoms with E-state index in [2.05, 4.69) is 15.1 Å². The standard InChI is InChI=1S/C21H25N5O4S/c1-14-8-9-15(2)19(12-14)31(29,30)24-11-10-23-21(28)17-13-18(20(22)27)26(25-17)16-6-4-3-5-7-16/h3-9,12,18,24H,10-11,13H2,1-2H3,(H2,22,27)(H,23,28). The summed E-state index contributed by atoms with van der Waals surface area (Å²) in [5.41, 5.74) is 7.76. The Morgan fingerprint density at radius 1 is 1.13 bits per heavy atom. The van der Waals surface area contributed by atoms with Gasteiger partial charge in [-0.3, -0.25) is 14.6 Å². The molecule has 1 unspecified atom stereocenters. The van der Waals surface area contributed by atoms with Gasteiger partial charge in [0.2, 0.25) is 15.9 Å². The first-order valence-electron chi connectivity index (χ1n) is 9.75. The zero-order chi connectivity index (χ0) is 22.6. The van der Waals surface area contributed by atoms with E-state index in [-0.39, 0.29) is 30.1 Å². The lowest BCUT2D eigenvalue weighted by atomic mass is 10.1. The van der Waals surface area contributed by atoms with Gasteiger partial charge in [0.05, 0.1) is 10.6 Å². The van der Waals surface area contributed by atoms with Crippen LogP contribution in [0.15, 0.2) is 58.5 Å². The zero-order valence-electron chi connectivity index (χ0n) is 17.3. The second-order valence-corrected chi connectivity index (χ2v) is 9.01. The normalized spacial score (nSPS) is 16.1. The number of sulfonamides is 1. The van der Waals surface area contributed by atoms with E-state index in [1.54, 1.807) is 43.3 Å². The van der Waals surface area contributed by atoms with Gasteiger partial charge in [0, 0.05) is 19.5 Å². The summed E-state index contributed by atoms with van der Waals surface area (Å²) in [6.45, 7) is 3.62. The number of nitrogens with one attached hydrogen (secondary N) is 2. The molecule has 0 saturated heterocycles. The fraction of sp³-hybridized carbons (Fsp3) is 0.286. The molecule has 1 atom stereocenters. The second-order valence-electron chi connectivity index (χ2n) is 7.27. The summed E-state index contributed by atoms with van der Waals surface area (Å²) in [4.78, 5) is 24.5. The van der Waals surface area contributed by atoms with Crippen LogP contribution in [0.4, 0.5) is 5.69 Å². The predicted octanol–water partition coefficient (Wildman–Crippen LogP) is 0.818. The minimum Gasteiger partial charge on any atom is -0.368 e. The van der Waals surface area contributed by atoms with Gasteiger partial charge in [-0.15, -0.1) is 0 Å². The lowest BCUT2D eigenvalue weighted by Crippen LogP contribution is -2.40. The van der Waals surface area contributed by atoms with Crippen LogP contribution in [0, 0.1) is 13.8 Å². The van der Waals surface area contributed by atoms with Crippen LogP contribution >= 0.6 is 0 Å². The molecule has 9 nitrogen and oxygen atoms in total. The zero-order valence-corrected chi connectivity index (χ0v) is 18.1. The largest absolute Gasteiger partial charge is 0.368 e. The summed E-state index contributed by atoms with van der Waals surface area (Å²) < 4.78 is 27.5. The highest BCUT2D eigenvalue weighted by atomic mass is 32.2. The highest BCUT2D eigenvalue weighted by Crippen LogP contribution is 2.24. The number of primary amides is 1. The molecule has 1 heterocycles. The molecule has 2 aromatic carbocycles. The molecule has 164 valence electrons. The van der Waals surface area contributed by atoms with Crippen LogP contribution in [0.25, 0.3) is 0 Å². The molecule has 0 radical (unpaired) electrons. The minimum absolute atomic E-state index is 0.0103. The molecule has 0 aromatic heterocycles. The lowest BCUT2D eigenvalue weighted by Gasteiger charge is -2.20. The van der Waals surface area contributed by atoms with Gasteiger partial charge in [0.15, 0.2) is 0 Å². The Balaban J connectivity index is 1.59. The van der Waals surface area contributed by atoms with Gasteiger partial charge in [0.25, 0.3) is 5.91 Å². The number of nitrogens with zero attached hydrogens (tertiary/aromatic N) is 2. The molecule has 0 bridgehead atoms. The van der Waals surface area contributed by atoms with Crippen LogP contribution < -0.4 is 20.8 Å². The number of nitrogens with two attached hydrogens (primary N) is 1. The van der Waals surface area contributed by atoms with Crippen molar-refractivity contribution in [2.45, 2.75) is 31.2 Å². The summed E-state index contributed by atoms with van der Waals surface area (Å²) in [6, 6.07) is 13.4. The van der Waals surface area contributed by atoms with Crippen molar-refractivity contribution in [2.75, 3.05) is 18.1 Å². The number of para-hydroxylation sites is 1. The molecule has 0 spiro atoms. The Bertz CT molecular complexity index is 1120. The molecule has 2 aromatic rings. The molecular formula is C21H25N5O4S. The van der Waals surface area contributed by atoms with Gasteiger partial charge in [-0.05, 0) is 43.2 Å². The van der Waals surface area contributed by atoms with Crippen LogP contribution in [0.2, 0.25) is 0 Å². The number of anilines is 1. The van der Waals surface area contributed by atoms with Gasteiger partial charge in [0.1, 0.15) is 11.8 Å². The van der Waals surface area contributed by atoms with Crippen molar-refractivity contribution >= 4 is 33.2 Å². The number of hydrazone groups is 1. The molecule has 0 saturated carbocycles. The van der Waals surface area contributed by atoms with E-state index in [1.807, 2.05) is 19.1 Å². The number of carbonyl (C=O) groups is 2. The second kappa shape index (κ2) is 9.27. The van der Waals surface area contributed by atoms with Crippen LogP contribution in [-0.2, 0) is 19.6 Å². The smallest absolute Gasteiger partial charge is 0.267 e. The first kappa shape index (κ1) is 22.4. The summed E-state index contributed by atoms with van der Waals surface area (Å²) in [6.07, 6.45) is 0.0737. The topological polar surface area (TPSA) is 134 Å². The Hall–Kier alpha value is -3.24. The molecule has 0 fully saturated rings. The monoisotopic (exact) mass is 443 g/mol. The molecule has 10 heteroatoms. The highest BCUT2D eigenvalue weighted by molar-refractivity contribution is 7.89. The van der Waals surface area contributed by atoms with Crippen molar-refractivity contribution < 1.29 is 18.0 Å². The van der Waals surface area contributed by atoms with Crippen molar-refractivity contribution in [1.29, 1.82) is 0 Å². The van der Waals surface area contributed by atoms with E-state index < -0.39 is 27.9 Å². The fourth-order valence-corrected chi connectivity index (χ4v) is 4.59. The predicted molar refractivity (Wildman–Crippen MR) is 118 cm³/mol. The Morgan fingerprint density at radius 3 is 2.52 bits per heavy atom. The number of rotatable bonds is 8. The third kappa shape index (κ3) is 5.28. The maximum Gasteiger partial charge on any atom is 0.267 e. The molecule has 0 aliphatic carbocycles. The quantitative estimate of drug-likeness (QED) is 0.519. The molecule has 3 rings (SSSR count).